The molecular formula is C44H47Cl2FN6O5. The topological polar surface area (TPSA) is 137 Å². The van der Waals surface area contributed by atoms with Crippen LogP contribution in [0.4, 0.5) is 9.18 Å². The van der Waals surface area contributed by atoms with E-state index in [-0.39, 0.29) is 64.1 Å². The van der Waals surface area contributed by atoms with E-state index in [0.29, 0.717) is 52.1 Å². The number of aliphatic hydroxyl groups excluding tert-OH is 1. The molecule has 1 saturated carbocycles. The summed E-state index contributed by atoms with van der Waals surface area (Å²) in [7, 11) is 1.47. The minimum Gasteiger partial charge on any atom is -0.444 e. The number of likely N-dealkylation sites (tertiary alicyclic amines) is 1. The zero-order chi connectivity index (χ0) is 41.4. The third-order valence-corrected chi connectivity index (χ3v) is 12.6. The third kappa shape index (κ3) is 6.89. The van der Waals surface area contributed by atoms with Crippen LogP contribution in [0, 0.1) is 23.1 Å². The van der Waals surface area contributed by atoms with E-state index >= 15 is 4.39 Å². The van der Waals surface area contributed by atoms with Crippen LogP contribution >= 0.6 is 23.2 Å². The predicted molar refractivity (Wildman–Crippen MR) is 221 cm³/mol. The Labute approximate surface area is 346 Å². The monoisotopic (exact) mass is 828 g/mol. The largest absolute Gasteiger partial charge is 0.444 e. The van der Waals surface area contributed by atoms with Crippen LogP contribution in [0.2, 0.25) is 10.0 Å². The van der Waals surface area contributed by atoms with Gasteiger partial charge >= 0.3 is 6.09 Å². The molecule has 304 valence electrons. The van der Waals surface area contributed by atoms with Gasteiger partial charge in [0.15, 0.2) is 5.82 Å². The van der Waals surface area contributed by atoms with Gasteiger partial charge in [-0.05, 0) is 96.2 Å². The number of pyridine rings is 2. The summed E-state index contributed by atoms with van der Waals surface area (Å²) in [5, 5.41) is 33.3. The summed E-state index contributed by atoms with van der Waals surface area (Å²) < 4.78 is 31.4. The number of ether oxygens (including phenoxy) is 2. The lowest BCUT2D eigenvalue weighted by Gasteiger charge is -2.41. The van der Waals surface area contributed by atoms with Crippen molar-refractivity contribution in [2.45, 2.75) is 102 Å². The van der Waals surface area contributed by atoms with Crippen molar-refractivity contribution >= 4 is 51.1 Å². The maximum absolute atomic E-state index is 17.8. The lowest BCUT2D eigenvalue weighted by Crippen LogP contribution is -2.45. The summed E-state index contributed by atoms with van der Waals surface area (Å²) in [6, 6.07) is 14.1. The van der Waals surface area contributed by atoms with Gasteiger partial charge in [-0.1, -0.05) is 35.3 Å². The first-order valence-corrected chi connectivity index (χ1v) is 20.4. The Morgan fingerprint density at radius 2 is 1.91 bits per heavy atom. The van der Waals surface area contributed by atoms with Gasteiger partial charge in [-0.15, -0.1) is 0 Å². The number of hydrogen-bond donors (Lipinski definition) is 2. The second-order valence-electron chi connectivity index (χ2n) is 17.2. The highest BCUT2D eigenvalue weighted by molar-refractivity contribution is 6.43. The number of methoxy groups -OCH3 is 1. The number of aromatic nitrogens is 3. The maximum Gasteiger partial charge on any atom is 0.410 e. The number of nitriles is 1. The van der Waals surface area contributed by atoms with Crippen LogP contribution in [0.15, 0.2) is 48.7 Å². The fraction of sp³-hybridized carbons (Fsp3) is 0.455. The van der Waals surface area contributed by atoms with Gasteiger partial charge in [-0.25, -0.2) is 19.1 Å². The lowest BCUT2D eigenvalue weighted by molar-refractivity contribution is -0.182. The molecule has 2 aromatic carbocycles. The van der Waals surface area contributed by atoms with E-state index < -0.39 is 23.4 Å². The van der Waals surface area contributed by atoms with Crippen molar-refractivity contribution in [1.82, 2.24) is 24.3 Å². The molecule has 0 radical (unpaired) electrons. The number of aliphatic hydroxyl groups is 2. The fourth-order valence-corrected chi connectivity index (χ4v) is 9.63. The molecule has 9 rings (SSSR count). The molecule has 1 amide bonds. The number of rotatable bonds is 9. The Balaban J connectivity index is 1.46. The molecule has 5 atom stereocenters. The number of halogens is 3. The lowest BCUT2D eigenvalue weighted by atomic mass is 9.79. The van der Waals surface area contributed by atoms with Crippen LogP contribution in [0.1, 0.15) is 89.3 Å². The first-order valence-electron chi connectivity index (χ1n) is 19.7. The molecule has 3 aromatic heterocycles. The molecule has 11 nitrogen and oxygen atoms in total. The average molecular weight is 830 g/mol. The highest BCUT2D eigenvalue weighted by Gasteiger charge is 2.57. The zero-order valence-corrected chi connectivity index (χ0v) is 34.9. The van der Waals surface area contributed by atoms with Crippen molar-refractivity contribution in [2.24, 2.45) is 5.92 Å². The Hall–Kier alpha value is -4.35. The van der Waals surface area contributed by atoms with E-state index in [2.05, 4.69) is 21.7 Å². The van der Waals surface area contributed by atoms with Gasteiger partial charge in [0, 0.05) is 71.9 Å². The van der Waals surface area contributed by atoms with E-state index in [1.54, 1.807) is 44.3 Å². The fourth-order valence-electron chi connectivity index (χ4n) is 9.23. The highest BCUT2D eigenvalue weighted by Crippen LogP contribution is 2.55. The van der Waals surface area contributed by atoms with Crippen LogP contribution in [-0.4, -0.2) is 78.9 Å². The van der Waals surface area contributed by atoms with E-state index in [9.17, 15) is 20.3 Å². The van der Waals surface area contributed by atoms with Gasteiger partial charge in [0.2, 0.25) is 6.41 Å². The van der Waals surface area contributed by atoms with Gasteiger partial charge in [-0.2, -0.15) is 5.26 Å². The summed E-state index contributed by atoms with van der Waals surface area (Å²) in [6.45, 7) is 9.95. The van der Waals surface area contributed by atoms with Gasteiger partial charge < -0.3 is 29.2 Å². The number of aryl methyl sites for hydroxylation is 1. The standard InChI is InChI=1S/C44H47Cl2FN6O5/c1-43(2,3)58-42(55)52-22-25-19-32(52)39(25)53-31(30-13-9-17-51(30)41(54)57-6)20-28-37(24-14-15-33(49-21-24)44(4,5)56)50-38-27(40(28)53)18-23(10-8-16-48)34(36(38)47)26-11-7-12-29(45)35(26)46/h7,11-12,14-15,18,20-21,25,30,32,39,41,54,56H,8-10,13,17,19,22H2,1-6H3/t25-,30-,32-,39+,41?/m1/s1. The molecule has 5 aromatic rings. The number of nitrogens with zero attached hydrogens (tertiary/aromatic N) is 6. The third-order valence-electron chi connectivity index (χ3n) is 11.8. The van der Waals surface area contributed by atoms with Crippen molar-refractivity contribution in [1.29, 1.82) is 5.26 Å². The summed E-state index contributed by atoms with van der Waals surface area (Å²) >= 11 is 13.3. The smallest absolute Gasteiger partial charge is 0.410 e. The van der Waals surface area contributed by atoms with Gasteiger partial charge in [-0.3, -0.25) is 4.98 Å². The number of carbonyl (C=O) groups is 1. The Morgan fingerprint density at radius 3 is 2.59 bits per heavy atom. The average Bonchev–Trinajstić information content (AvgIpc) is 3.97. The Morgan fingerprint density at radius 1 is 1.14 bits per heavy atom. The molecule has 1 aliphatic carbocycles. The minimum absolute atomic E-state index is 0.0703. The van der Waals surface area contributed by atoms with Crippen LogP contribution < -0.4 is 0 Å². The zero-order valence-electron chi connectivity index (χ0n) is 33.4. The molecule has 3 aliphatic heterocycles. The first-order chi connectivity index (χ1) is 27.5. The molecule has 2 bridgehead atoms. The number of hydrogen-bond acceptors (Lipinski definition) is 9. The van der Waals surface area contributed by atoms with E-state index in [1.165, 1.54) is 7.11 Å². The first kappa shape index (κ1) is 40.4. The van der Waals surface area contributed by atoms with Crippen LogP contribution in [0.25, 0.3) is 44.2 Å². The SMILES string of the molecule is COC(O)N1CCC[C@@H]1c1cc2c(-c3ccc(C(C)(C)O)nc3)nc3c(F)c(-c4cccc(Cl)c4Cl)c(CCC#N)cc3c2n1[C@H]1[C@@H]2C[C@H]1N(C(=O)OC(C)(C)C)C2. The molecule has 4 aliphatic rings. The van der Waals surface area contributed by atoms with Crippen molar-refractivity contribution < 1.29 is 28.9 Å². The normalized spacial score (nSPS) is 21.4. The number of carbonyl (C=O) groups excluding carboxylic acids is 1. The van der Waals surface area contributed by atoms with Gasteiger partial charge in [0.25, 0.3) is 0 Å². The van der Waals surface area contributed by atoms with E-state index in [4.69, 9.17) is 37.7 Å². The molecule has 58 heavy (non-hydrogen) atoms. The van der Waals surface area contributed by atoms with E-state index in [0.717, 1.165) is 30.3 Å². The second kappa shape index (κ2) is 15.0. The summed E-state index contributed by atoms with van der Waals surface area (Å²) in [5.74, 6) is -0.543. The van der Waals surface area contributed by atoms with Crippen molar-refractivity contribution in [3.8, 4) is 28.5 Å². The molecule has 1 unspecified atom stereocenters. The molecule has 0 spiro atoms. The summed E-state index contributed by atoms with van der Waals surface area (Å²) in [5.41, 5.74) is 2.50. The van der Waals surface area contributed by atoms with E-state index in [1.807, 2.05) is 42.7 Å². The van der Waals surface area contributed by atoms with Gasteiger partial charge in [0.05, 0.1) is 51.1 Å². The van der Waals surface area contributed by atoms with Gasteiger partial charge in [0.1, 0.15) is 16.7 Å². The molecule has 14 heteroatoms. The number of fused-ring (bicyclic) bond motifs is 4. The van der Waals surface area contributed by atoms with Crippen LogP contribution in [-0.2, 0) is 21.5 Å². The van der Waals surface area contributed by atoms with Crippen molar-refractivity contribution in [3.63, 3.8) is 0 Å². The maximum atomic E-state index is 17.8. The summed E-state index contributed by atoms with van der Waals surface area (Å²) in [4.78, 5) is 27.1. The van der Waals surface area contributed by atoms with Crippen molar-refractivity contribution in [3.05, 3.63) is 81.5 Å². The van der Waals surface area contributed by atoms with Crippen LogP contribution in [0.5, 0.6) is 0 Å². The predicted octanol–water partition coefficient (Wildman–Crippen LogP) is 9.29. The quantitative estimate of drug-likeness (QED) is 0.139. The highest BCUT2D eigenvalue weighted by atomic mass is 35.5. The molecule has 4 fully saturated rings. The molecule has 2 N–H and O–H groups in total. The van der Waals surface area contributed by atoms with Crippen LogP contribution in [0.3, 0.4) is 0 Å². The number of benzene rings is 2. The molecule has 3 saturated heterocycles. The molecule has 6 heterocycles. The Kier molecular flexibility index (Phi) is 10.5. The Bertz CT molecular complexity index is 2470. The minimum atomic E-state index is -1.20. The molecular weight excluding hydrogens is 782 g/mol. The van der Waals surface area contributed by atoms with Crippen molar-refractivity contribution in [2.75, 3.05) is 20.2 Å². The second-order valence-corrected chi connectivity index (χ2v) is 18.0. The number of amides is 1. The summed E-state index contributed by atoms with van der Waals surface area (Å²) in [6.07, 6.45) is 2.75.